The Hall–Kier alpha value is -3.71. The van der Waals surface area contributed by atoms with Crippen LogP contribution < -0.4 is 5.32 Å². The van der Waals surface area contributed by atoms with Crippen molar-refractivity contribution in [2.75, 3.05) is 5.32 Å². The van der Waals surface area contributed by atoms with Crippen LogP contribution in [-0.4, -0.2) is 21.0 Å². The SMILES string of the molecule is Cc1cc([C@@H](C)Nc2ccccc2C(=O)O)c2oc3c(-c4cnc(C)s4)ccnc3c2c1. The maximum absolute atomic E-state index is 11.6. The van der Waals surface area contributed by atoms with Gasteiger partial charge in [0.05, 0.1) is 21.5 Å². The first-order chi connectivity index (χ1) is 15.4. The minimum absolute atomic E-state index is 0.187. The van der Waals surface area contributed by atoms with E-state index in [2.05, 4.69) is 27.4 Å². The van der Waals surface area contributed by atoms with Crippen molar-refractivity contribution in [2.45, 2.75) is 26.8 Å². The molecule has 0 fully saturated rings. The van der Waals surface area contributed by atoms with E-state index in [4.69, 9.17) is 4.42 Å². The average Bonchev–Trinajstić information content (AvgIpc) is 3.37. The summed E-state index contributed by atoms with van der Waals surface area (Å²) in [6.07, 6.45) is 3.66. The molecular formula is C25H21N3O3S. The van der Waals surface area contributed by atoms with Crippen molar-refractivity contribution >= 4 is 45.1 Å². The summed E-state index contributed by atoms with van der Waals surface area (Å²) in [5, 5.41) is 14.8. The summed E-state index contributed by atoms with van der Waals surface area (Å²) in [5.41, 5.74) is 6.09. The predicted molar refractivity (Wildman–Crippen MR) is 128 cm³/mol. The number of aromatic carboxylic acids is 1. The Morgan fingerprint density at radius 3 is 2.69 bits per heavy atom. The first-order valence-electron chi connectivity index (χ1n) is 10.3. The summed E-state index contributed by atoms with van der Waals surface area (Å²) in [7, 11) is 0. The van der Waals surface area contributed by atoms with E-state index < -0.39 is 5.97 Å². The minimum Gasteiger partial charge on any atom is -0.478 e. The van der Waals surface area contributed by atoms with Crippen LogP contribution in [-0.2, 0) is 0 Å². The lowest BCUT2D eigenvalue weighted by molar-refractivity contribution is 0.0698. The molecule has 0 saturated carbocycles. The first-order valence-corrected chi connectivity index (χ1v) is 11.1. The highest BCUT2D eigenvalue weighted by Gasteiger charge is 2.21. The van der Waals surface area contributed by atoms with Gasteiger partial charge in [-0.15, -0.1) is 11.3 Å². The van der Waals surface area contributed by atoms with E-state index in [-0.39, 0.29) is 11.6 Å². The number of nitrogens with zero attached hydrogens (tertiary/aromatic N) is 2. The van der Waals surface area contributed by atoms with Crippen molar-refractivity contribution in [3.63, 3.8) is 0 Å². The zero-order chi connectivity index (χ0) is 22.4. The van der Waals surface area contributed by atoms with Gasteiger partial charge < -0.3 is 14.8 Å². The van der Waals surface area contributed by atoms with E-state index in [1.54, 1.807) is 35.7 Å². The molecule has 0 aliphatic rings. The number of anilines is 1. The van der Waals surface area contributed by atoms with Crippen LogP contribution in [0.25, 0.3) is 32.5 Å². The third kappa shape index (κ3) is 3.40. The standard InChI is InChI=1S/C25H21N3O3S/c1-13-10-18(14(2)28-20-7-5-4-6-16(20)25(29)30)23-19(11-13)22-24(31-23)17(8-9-26-22)21-12-27-15(3)32-21/h4-12,14,28H,1-3H3,(H,29,30)/t14-/m1/s1. The van der Waals surface area contributed by atoms with Gasteiger partial charge in [0.2, 0.25) is 0 Å². The molecule has 7 heteroatoms. The second kappa shape index (κ2) is 7.76. The number of rotatable bonds is 5. The zero-order valence-electron chi connectivity index (χ0n) is 17.8. The van der Waals surface area contributed by atoms with Crippen LogP contribution in [0.5, 0.6) is 0 Å². The monoisotopic (exact) mass is 443 g/mol. The Kier molecular flexibility index (Phi) is 4.90. The van der Waals surface area contributed by atoms with E-state index in [1.165, 1.54) is 0 Å². The Morgan fingerprint density at radius 1 is 1.12 bits per heavy atom. The molecule has 6 nitrogen and oxygen atoms in total. The third-order valence-corrected chi connectivity index (χ3v) is 6.45. The van der Waals surface area contributed by atoms with Crippen LogP contribution in [0.1, 0.15) is 39.5 Å². The molecule has 160 valence electrons. The summed E-state index contributed by atoms with van der Waals surface area (Å²) < 4.78 is 6.43. The highest BCUT2D eigenvalue weighted by molar-refractivity contribution is 7.15. The number of nitrogens with one attached hydrogen (secondary N) is 1. The summed E-state index contributed by atoms with van der Waals surface area (Å²) in [6, 6.07) is 12.8. The van der Waals surface area contributed by atoms with Gasteiger partial charge in [0, 0.05) is 34.6 Å². The van der Waals surface area contributed by atoms with Gasteiger partial charge in [-0.2, -0.15) is 0 Å². The van der Waals surface area contributed by atoms with Crippen molar-refractivity contribution in [3.05, 3.63) is 76.6 Å². The molecule has 0 radical (unpaired) electrons. The van der Waals surface area contributed by atoms with Gasteiger partial charge in [0.1, 0.15) is 11.1 Å². The number of thiazole rings is 1. The van der Waals surface area contributed by atoms with E-state index >= 15 is 0 Å². The zero-order valence-corrected chi connectivity index (χ0v) is 18.7. The van der Waals surface area contributed by atoms with Crippen LogP contribution >= 0.6 is 11.3 Å². The fourth-order valence-electron chi connectivity index (χ4n) is 4.04. The number of benzene rings is 2. The summed E-state index contributed by atoms with van der Waals surface area (Å²) >= 11 is 1.62. The van der Waals surface area contributed by atoms with Gasteiger partial charge in [-0.1, -0.05) is 18.2 Å². The van der Waals surface area contributed by atoms with Gasteiger partial charge in [-0.05, 0) is 50.6 Å². The van der Waals surface area contributed by atoms with Crippen molar-refractivity contribution in [1.29, 1.82) is 0 Å². The summed E-state index contributed by atoms with van der Waals surface area (Å²) in [6.45, 7) is 6.02. The number of aromatic nitrogens is 2. The number of para-hydroxylation sites is 1. The molecule has 0 amide bonds. The summed E-state index contributed by atoms with van der Waals surface area (Å²) in [5.74, 6) is -0.966. The van der Waals surface area contributed by atoms with E-state index in [1.807, 2.05) is 39.1 Å². The predicted octanol–water partition coefficient (Wildman–Crippen LogP) is 6.59. The molecule has 5 rings (SSSR count). The number of pyridine rings is 1. The quantitative estimate of drug-likeness (QED) is 0.318. The maximum Gasteiger partial charge on any atom is 0.337 e. The van der Waals surface area contributed by atoms with Gasteiger partial charge in [0.15, 0.2) is 5.58 Å². The normalized spacial score (nSPS) is 12.3. The highest BCUT2D eigenvalue weighted by atomic mass is 32.1. The Balaban J connectivity index is 1.66. The lowest BCUT2D eigenvalue weighted by atomic mass is 10.0. The number of fused-ring (bicyclic) bond motifs is 3. The first kappa shape index (κ1) is 20.2. The van der Waals surface area contributed by atoms with E-state index in [0.717, 1.165) is 48.6 Å². The largest absolute Gasteiger partial charge is 0.478 e. The van der Waals surface area contributed by atoms with Crippen LogP contribution in [0.4, 0.5) is 5.69 Å². The topological polar surface area (TPSA) is 88.2 Å². The fraction of sp³-hybridized carbons (Fsp3) is 0.160. The van der Waals surface area contributed by atoms with E-state index in [9.17, 15) is 9.90 Å². The number of carbonyl (C=O) groups is 1. The number of furan rings is 1. The fourth-order valence-corrected chi connectivity index (χ4v) is 4.84. The van der Waals surface area contributed by atoms with Crippen LogP contribution in [0.3, 0.4) is 0 Å². The molecular weight excluding hydrogens is 422 g/mol. The Bertz CT molecular complexity index is 1480. The van der Waals surface area contributed by atoms with Crippen molar-refractivity contribution in [3.8, 4) is 10.4 Å². The lowest BCUT2D eigenvalue weighted by Crippen LogP contribution is -2.11. The van der Waals surface area contributed by atoms with Gasteiger partial charge in [0.25, 0.3) is 0 Å². The smallest absolute Gasteiger partial charge is 0.337 e. The van der Waals surface area contributed by atoms with Crippen LogP contribution in [0, 0.1) is 13.8 Å². The van der Waals surface area contributed by atoms with Gasteiger partial charge in [-0.25, -0.2) is 9.78 Å². The second-order valence-corrected chi connectivity index (χ2v) is 9.06. The molecule has 3 heterocycles. The molecule has 5 aromatic rings. The molecule has 2 aromatic carbocycles. The molecule has 32 heavy (non-hydrogen) atoms. The van der Waals surface area contributed by atoms with Crippen LogP contribution in [0.15, 0.2) is 59.3 Å². The van der Waals surface area contributed by atoms with Gasteiger partial charge in [-0.3, -0.25) is 4.98 Å². The van der Waals surface area contributed by atoms with Crippen molar-refractivity contribution in [2.24, 2.45) is 0 Å². The van der Waals surface area contributed by atoms with Crippen molar-refractivity contribution in [1.82, 2.24) is 9.97 Å². The number of carboxylic acid groups (broad SMARTS) is 1. The lowest BCUT2D eigenvalue weighted by Gasteiger charge is -2.18. The average molecular weight is 444 g/mol. The molecule has 0 bridgehead atoms. The Morgan fingerprint density at radius 2 is 1.94 bits per heavy atom. The number of carboxylic acids is 1. The van der Waals surface area contributed by atoms with Crippen molar-refractivity contribution < 1.29 is 14.3 Å². The summed E-state index contributed by atoms with van der Waals surface area (Å²) in [4.78, 5) is 21.7. The molecule has 2 N–H and O–H groups in total. The molecule has 0 saturated heterocycles. The molecule has 1 atom stereocenters. The number of hydrogen-bond acceptors (Lipinski definition) is 6. The molecule has 0 unspecified atom stereocenters. The maximum atomic E-state index is 11.6. The molecule has 3 aromatic heterocycles. The molecule has 0 aliphatic carbocycles. The molecule has 0 spiro atoms. The number of aryl methyl sites for hydroxylation is 2. The van der Waals surface area contributed by atoms with Gasteiger partial charge >= 0.3 is 5.97 Å². The Labute approximate surface area is 188 Å². The highest BCUT2D eigenvalue weighted by Crippen LogP contribution is 2.39. The third-order valence-electron chi connectivity index (χ3n) is 5.51. The van der Waals surface area contributed by atoms with E-state index in [0.29, 0.717) is 5.69 Å². The number of hydrogen-bond donors (Lipinski definition) is 2. The minimum atomic E-state index is -0.966. The molecule has 0 aliphatic heterocycles. The second-order valence-electron chi connectivity index (χ2n) is 7.83. The van der Waals surface area contributed by atoms with Crippen LogP contribution in [0.2, 0.25) is 0 Å².